The molecule has 164 valence electrons. The van der Waals surface area contributed by atoms with Crippen LogP contribution in [0.15, 0.2) is 48.5 Å². The van der Waals surface area contributed by atoms with Gasteiger partial charge in [0.15, 0.2) is 0 Å². The maximum Gasteiger partial charge on any atom is 0.239 e. The zero-order chi connectivity index (χ0) is 21.8. The molecule has 0 spiro atoms. The molecule has 1 atom stereocenters. The first kappa shape index (κ1) is 21.8. The second-order valence-electron chi connectivity index (χ2n) is 8.65. The van der Waals surface area contributed by atoms with Crippen LogP contribution in [0, 0.1) is 0 Å². The minimum absolute atomic E-state index is 0.0179. The summed E-state index contributed by atoms with van der Waals surface area (Å²) in [7, 11) is 0. The molecule has 2 aromatic rings. The number of carbonyl (C=O) groups excluding carboxylic acids is 2. The number of hydrogen-bond donors (Lipinski definition) is 1. The molecule has 2 aliphatic heterocycles. The number of piperidine rings is 1. The summed E-state index contributed by atoms with van der Waals surface area (Å²) in [6, 6.07) is 15.4. The molecule has 0 unspecified atom stereocenters. The third-order valence-electron chi connectivity index (χ3n) is 6.52. The Hall–Kier alpha value is -2.37. The van der Waals surface area contributed by atoms with Crippen LogP contribution in [0.5, 0.6) is 0 Å². The first-order chi connectivity index (χ1) is 15.0. The molecule has 2 N–H and O–H groups in total. The molecule has 0 aliphatic carbocycles. The maximum absolute atomic E-state index is 12.9. The summed E-state index contributed by atoms with van der Waals surface area (Å²) in [5, 5.41) is 0.681. The van der Waals surface area contributed by atoms with E-state index in [0.717, 1.165) is 44.5 Å². The van der Waals surface area contributed by atoms with Gasteiger partial charge in [0.05, 0.1) is 6.04 Å². The summed E-state index contributed by atoms with van der Waals surface area (Å²) in [6.07, 6.45) is 3.98. The van der Waals surface area contributed by atoms with E-state index in [1.807, 2.05) is 40.1 Å². The molecule has 0 radical (unpaired) electrons. The molecule has 6 heteroatoms. The molecule has 4 rings (SSSR count). The van der Waals surface area contributed by atoms with Crippen molar-refractivity contribution in [1.29, 1.82) is 0 Å². The van der Waals surface area contributed by atoms with Crippen molar-refractivity contribution in [3.63, 3.8) is 0 Å². The zero-order valence-corrected chi connectivity index (χ0v) is 18.6. The standard InChI is InChI=1S/C25H30ClN3O2/c26-21-9-7-18(8-10-21)16-23(27)25(31)28-14-11-19(12-15-28)22-5-2-1-4-20(22)17-29-13-3-6-24(29)30/h1-2,4-5,7-10,19,23H,3,6,11-17,27H2/t23-/m1/s1. The summed E-state index contributed by atoms with van der Waals surface area (Å²) in [6.45, 7) is 2.98. The van der Waals surface area contributed by atoms with E-state index >= 15 is 0 Å². The van der Waals surface area contributed by atoms with Gasteiger partial charge < -0.3 is 15.5 Å². The third kappa shape index (κ3) is 5.28. The minimum Gasteiger partial charge on any atom is -0.341 e. The number of likely N-dealkylation sites (tertiary alicyclic amines) is 2. The van der Waals surface area contributed by atoms with Crippen LogP contribution in [0.2, 0.25) is 5.02 Å². The van der Waals surface area contributed by atoms with Crippen LogP contribution < -0.4 is 5.73 Å². The van der Waals surface area contributed by atoms with Crippen molar-refractivity contribution in [2.24, 2.45) is 5.73 Å². The average molecular weight is 440 g/mol. The molecule has 0 bridgehead atoms. The summed E-state index contributed by atoms with van der Waals surface area (Å²) in [4.78, 5) is 28.8. The molecule has 31 heavy (non-hydrogen) atoms. The largest absolute Gasteiger partial charge is 0.341 e. The first-order valence-corrected chi connectivity index (χ1v) is 11.5. The fourth-order valence-electron chi connectivity index (χ4n) is 4.76. The lowest BCUT2D eigenvalue weighted by Crippen LogP contribution is -2.47. The van der Waals surface area contributed by atoms with Gasteiger partial charge >= 0.3 is 0 Å². The predicted molar refractivity (Wildman–Crippen MR) is 123 cm³/mol. The van der Waals surface area contributed by atoms with E-state index in [2.05, 4.69) is 18.2 Å². The molecule has 0 aromatic heterocycles. The molecule has 2 aliphatic rings. The van der Waals surface area contributed by atoms with Gasteiger partial charge in [-0.25, -0.2) is 0 Å². The van der Waals surface area contributed by atoms with E-state index in [-0.39, 0.29) is 11.8 Å². The smallest absolute Gasteiger partial charge is 0.239 e. The van der Waals surface area contributed by atoms with Crippen molar-refractivity contribution >= 4 is 23.4 Å². The van der Waals surface area contributed by atoms with Crippen molar-refractivity contribution in [2.45, 2.75) is 50.6 Å². The Morgan fingerprint density at radius 3 is 2.45 bits per heavy atom. The Bertz CT molecular complexity index is 923. The molecular weight excluding hydrogens is 410 g/mol. The Morgan fingerprint density at radius 2 is 1.77 bits per heavy atom. The van der Waals surface area contributed by atoms with Crippen LogP contribution in [-0.4, -0.2) is 47.3 Å². The number of carbonyl (C=O) groups is 2. The van der Waals surface area contributed by atoms with E-state index < -0.39 is 6.04 Å². The number of nitrogens with zero attached hydrogens (tertiary/aromatic N) is 2. The third-order valence-corrected chi connectivity index (χ3v) is 6.77. The monoisotopic (exact) mass is 439 g/mol. The second kappa shape index (κ2) is 9.84. The highest BCUT2D eigenvalue weighted by molar-refractivity contribution is 6.30. The van der Waals surface area contributed by atoms with Gasteiger partial charge in [-0.3, -0.25) is 9.59 Å². The lowest BCUT2D eigenvalue weighted by molar-refractivity contribution is -0.133. The van der Waals surface area contributed by atoms with Crippen molar-refractivity contribution in [3.8, 4) is 0 Å². The molecule has 2 amide bonds. The number of benzene rings is 2. The number of amides is 2. The summed E-state index contributed by atoms with van der Waals surface area (Å²) >= 11 is 5.94. The average Bonchev–Trinajstić information content (AvgIpc) is 3.19. The molecule has 2 heterocycles. The Balaban J connectivity index is 1.35. The van der Waals surface area contributed by atoms with Gasteiger partial charge in [0.1, 0.15) is 0 Å². The fraction of sp³-hybridized carbons (Fsp3) is 0.440. The molecule has 5 nitrogen and oxygen atoms in total. The van der Waals surface area contributed by atoms with E-state index in [4.69, 9.17) is 17.3 Å². The number of nitrogens with two attached hydrogens (primary N) is 1. The molecule has 2 aromatic carbocycles. The van der Waals surface area contributed by atoms with E-state index in [1.165, 1.54) is 11.1 Å². The van der Waals surface area contributed by atoms with E-state index in [1.54, 1.807) is 0 Å². The van der Waals surface area contributed by atoms with Gasteiger partial charge in [-0.05, 0) is 60.4 Å². The number of hydrogen-bond acceptors (Lipinski definition) is 3. The van der Waals surface area contributed by atoms with E-state index in [0.29, 0.717) is 30.3 Å². The highest BCUT2D eigenvalue weighted by atomic mass is 35.5. The maximum atomic E-state index is 12.9. The Morgan fingerprint density at radius 1 is 1.06 bits per heavy atom. The van der Waals surface area contributed by atoms with Crippen molar-refractivity contribution in [3.05, 3.63) is 70.2 Å². The fourth-order valence-corrected chi connectivity index (χ4v) is 4.89. The molecular formula is C25H30ClN3O2. The number of halogens is 1. The zero-order valence-electron chi connectivity index (χ0n) is 17.8. The summed E-state index contributed by atoms with van der Waals surface area (Å²) < 4.78 is 0. The van der Waals surface area contributed by atoms with E-state index in [9.17, 15) is 9.59 Å². The van der Waals surface area contributed by atoms with Crippen LogP contribution in [-0.2, 0) is 22.6 Å². The van der Waals surface area contributed by atoms with Crippen LogP contribution in [0.1, 0.15) is 48.3 Å². The van der Waals surface area contributed by atoms with Crippen LogP contribution in [0.3, 0.4) is 0 Å². The Labute approximate surface area is 189 Å². The van der Waals surface area contributed by atoms with Crippen LogP contribution >= 0.6 is 11.6 Å². The van der Waals surface area contributed by atoms with Crippen LogP contribution in [0.25, 0.3) is 0 Å². The minimum atomic E-state index is -0.536. The predicted octanol–water partition coefficient (Wildman–Crippen LogP) is 3.74. The van der Waals surface area contributed by atoms with Gasteiger partial charge in [0.25, 0.3) is 0 Å². The quantitative estimate of drug-likeness (QED) is 0.745. The van der Waals surface area contributed by atoms with Gasteiger partial charge in [-0.15, -0.1) is 0 Å². The highest BCUT2D eigenvalue weighted by Crippen LogP contribution is 2.32. The summed E-state index contributed by atoms with van der Waals surface area (Å²) in [5.41, 5.74) is 9.81. The normalized spacial score (nSPS) is 18.5. The molecule has 2 fully saturated rings. The SMILES string of the molecule is N[C@H](Cc1ccc(Cl)cc1)C(=O)N1CCC(c2ccccc2CN2CCCC2=O)CC1. The summed E-state index contributed by atoms with van der Waals surface area (Å²) in [5.74, 6) is 0.680. The second-order valence-corrected chi connectivity index (χ2v) is 9.09. The van der Waals surface area contributed by atoms with Gasteiger partial charge in [0, 0.05) is 37.6 Å². The molecule has 0 saturated carbocycles. The number of rotatable bonds is 6. The lowest BCUT2D eigenvalue weighted by Gasteiger charge is -2.34. The Kier molecular flexibility index (Phi) is 6.93. The van der Waals surface area contributed by atoms with Crippen LogP contribution in [0.4, 0.5) is 0 Å². The van der Waals surface area contributed by atoms with Crippen molar-refractivity contribution in [1.82, 2.24) is 9.80 Å². The topological polar surface area (TPSA) is 66.6 Å². The first-order valence-electron chi connectivity index (χ1n) is 11.2. The highest BCUT2D eigenvalue weighted by Gasteiger charge is 2.29. The van der Waals surface area contributed by atoms with Gasteiger partial charge in [0.2, 0.25) is 11.8 Å². The van der Waals surface area contributed by atoms with Gasteiger partial charge in [-0.2, -0.15) is 0 Å². The molecule has 2 saturated heterocycles. The van der Waals surface area contributed by atoms with Crippen molar-refractivity contribution < 1.29 is 9.59 Å². The lowest BCUT2D eigenvalue weighted by atomic mass is 9.86. The van der Waals surface area contributed by atoms with Crippen molar-refractivity contribution in [2.75, 3.05) is 19.6 Å². The van der Waals surface area contributed by atoms with Gasteiger partial charge in [-0.1, -0.05) is 48.0 Å².